The van der Waals surface area contributed by atoms with Crippen LogP contribution in [0.4, 0.5) is 5.69 Å². The molecule has 1 heterocycles. The Morgan fingerprint density at radius 2 is 1.70 bits per heavy atom. The van der Waals surface area contributed by atoms with Crippen molar-refractivity contribution in [2.24, 2.45) is 5.92 Å². The lowest BCUT2D eigenvalue weighted by Crippen LogP contribution is -2.35. The van der Waals surface area contributed by atoms with Gasteiger partial charge in [0.2, 0.25) is 11.8 Å². The number of nitrogens with zero attached hydrogens (tertiary/aromatic N) is 1. The second kappa shape index (κ2) is 7.95. The van der Waals surface area contributed by atoms with Crippen LogP contribution in [0.25, 0.3) is 0 Å². The molecule has 0 bridgehead atoms. The Morgan fingerprint density at radius 3 is 2.48 bits per heavy atom. The van der Waals surface area contributed by atoms with Crippen molar-refractivity contribution in [1.29, 1.82) is 0 Å². The third-order valence-electron chi connectivity index (χ3n) is 5.81. The van der Waals surface area contributed by atoms with E-state index in [2.05, 4.69) is 17.4 Å². The Hall–Kier alpha value is -2.62. The highest BCUT2D eigenvalue weighted by Crippen LogP contribution is 2.30. The van der Waals surface area contributed by atoms with Crippen LogP contribution in [0.3, 0.4) is 0 Å². The van der Waals surface area contributed by atoms with Crippen molar-refractivity contribution in [1.82, 2.24) is 4.90 Å². The minimum Gasteiger partial charge on any atom is -0.339 e. The first-order chi connectivity index (χ1) is 13.2. The van der Waals surface area contributed by atoms with Crippen LogP contribution in [-0.4, -0.2) is 29.3 Å². The van der Waals surface area contributed by atoms with Crippen LogP contribution in [0.2, 0.25) is 0 Å². The summed E-state index contributed by atoms with van der Waals surface area (Å²) >= 11 is 0. The molecule has 0 radical (unpaired) electrons. The molecule has 1 saturated carbocycles. The number of hydrogen-bond acceptors (Lipinski definition) is 2. The van der Waals surface area contributed by atoms with Gasteiger partial charge in [-0.15, -0.1) is 0 Å². The van der Waals surface area contributed by atoms with E-state index in [0.29, 0.717) is 19.0 Å². The molecule has 0 aromatic heterocycles. The molecule has 2 aromatic carbocycles. The summed E-state index contributed by atoms with van der Waals surface area (Å²) in [4.78, 5) is 27.2. The van der Waals surface area contributed by atoms with Crippen LogP contribution in [-0.2, 0) is 16.0 Å². The standard InChI is InChI=1S/C23H26N2O2/c26-22-15-19(16-25(22)20-11-5-6-12-20)23(27)24-21-13-7-4-10-18(21)14-17-8-2-1-3-9-17/h1-4,7-10,13,19-20H,5-6,11-12,14-16H2,(H,24,27). The molecule has 2 aromatic rings. The van der Waals surface area contributed by atoms with Crippen molar-refractivity contribution in [3.8, 4) is 0 Å². The number of hydrogen-bond donors (Lipinski definition) is 1. The van der Waals surface area contributed by atoms with Gasteiger partial charge in [0.05, 0.1) is 5.92 Å². The van der Waals surface area contributed by atoms with Crippen LogP contribution in [0, 0.1) is 5.92 Å². The summed E-state index contributed by atoms with van der Waals surface area (Å²) in [7, 11) is 0. The molecule has 1 unspecified atom stereocenters. The van der Waals surface area contributed by atoms with Gasteiger partial charge >= 0.3 is 0 Å². The Bertz CT molecular complexity index is 812. The highest BCUT2D eigenvalue weighted by Gasteiger charge is 2.38. The molecule has 0 spiro atoms. The average Bonchev–Trinajstić information content (AvgIpc) is 3.33. The highest BCUT2D eigenvalue weighted by atomic mass is 16.2. The van der Waals surface area contributed by atoms with Gasteiger partial charge in [-0.25, -0.2) is 0 Å². The number of para-hydroxylation sites is 1. The zero-order valence-corrected chi connectivity index (χ0v) is 15.6. The first-order valence-corrected chi connectivity index (χ1v) is 9.93. The molecule has 2 amide bonds. The summed E-state index contributed by atoms with van der Waals surface area (Å²) in [5, 5.41) is 3.09. The van der Waals surface area contributed by atoms with Gasteiger partial charge in [-0.1, -0.05) is 61.4 Å². The summed E-state index contributed by atoms with van der Waals surface area (Å²) in [5.41, 5.74) is 3.15. The summed E-state index contributed by atoms with van der Waals surface area (Å²) in [5.74, 6) is -0.146. The van der Waals surface area contributed by atoms with Gasteiger partial charge in [-0.05, 0) is 36.5 Å². The Morgan fingerprint density at radius 1 is 1.00 bits per heavy atom. The van der Waals surface area contributed by atoms with Gasteiger partial charge < -0.3 is 10.2 Å². The predicted molar refractivity (Wildman–Crippen MR) is 106 cm³/mol. The van der Waals surface area contributed by atoms with Crippen LogP contribution < -0.4 is 5.32 Å². The number of nitrogens with one attached hydrogen (secondary N) is 1. The minimum atomic E-state index is -0.247. The van der Waals surface area contributed by atoms with E-state index in [1.807, 2.05) is 47.4 Å². The molecule has 2 fully saturated rings. The average molecular weight is 362 g/mol. The van der Waals surface area contributed by atoms with E-state index in [1.54, 1.807) is 0 Å². The number of carbonyl (C=O) groups is 2. The maximum Gasteiger partial charge on any atom is 0.229 e. The summed E-state index contributed by atoms with van der Waals surface area (Å²) < 4.78 is 0. The number of amides is 2. The first-order valence-electron chi connectivity index (χ1n) is 9.93. The molecule has 1 atom stereocenters. The zero-order chi connectivity index (χ0) is 18.6. The van der Waals surface area contributed by atoms with E-state index < -0.39 is 0 Å². The summed E-state index contributed by atoms with van der Waals surface area (Å²) in [6.45, 7) is 0.566. The van der Waals surface area contributed by atoms with Crippen molar-refractivity contribution in [3.63, 3.8) is 0 Å². The third-order valence-corrected chi connectivity index (χ3v) is 5.81. The molecule has 1 N–H and O–H groups in total. The number of anilines is 1. The van der Waals surface area contributed by atoms with Gasteiger partial charge in [-0.2, -0.15) is 0 Å². The second-order valence-electron chi connectivity index (χ2n) is 7.69. The molecule has 140 valence electrons. The van der Waals surface area contributed by atoms with Crippen molar-refractivity contribution < 1.29 is 9.59 Å². The van der Waals surface area contributed by atoms with Gasteiger partial charge in [0, 0.05) is 24.7 Å². The Balaban J connectivity index is 1.43. The van der Waals surface area contributed by atoms with Crippen molar-refractivity contribution in [2.45, 2.75) is 44.6 Å². The van der Waals surface area contributed by atoms with Crippen molar-refractivity contribution >= 4 is 17.5 Å². The van der Waals surface area contributed by atoms with E-state index in [-0.39, 0.29) is 17.7 Å². The molecule has 2 aliphatic rings. The van der Waals surface area contributed by atoms with Gasteiger partial charge in [0.15, 0.2) is 0 Å². The van der Waals surface area contributed by atoms with Crippen LogP contribution in [0.5, 0.6) is 0 Å². The third kappa shape index (κ3) is 4.05. The maximum atomic E-state index is 12.8. The summed E-state index contributed by atoms with van der Waals surface area (Å²) in [6, 6.07) is 18.5. The lowest BCUT2D eigenvalue weighted by atomic mass is 10.0. The van der Waals surface area contributed by atoms with E-state index in [0.717, 1.165) is 30.5 Å². The molecule has 27 heavy (non-hydrogen) atoms. The fourth-order valence-electron chi connectivity index (χ4n) is 4.32. The molecule has 1 saturated heterocycles. The van der Waals surface area contributed by atoms with Crippen molar-refractivity contribution in [2.75, 3.05) is 11.9 Å². The van der Waals surface area contributed by atoms with Gasteiger partial charge in [0.1, 0.15) is 0 Å². The molecule has 1 aliphatic heterocycles. The van der Waals surface area contributed by atoms with Crippen LogP contribution in [0.15, 0.2) is 54.6 Å². The number of rotatable bonds is 5. The number of likely N-dealkylation sites (tertiary alicyclic amines) is 1. The number of carbonyl (C=O) groups excluding carboxylic acids is 2. The number of benzene rings is 2. The lowest BCUT2D eigenvalue weighted by molar-refractivity contribution is -0.129. The fourth-order valence-corrected chi connectivity index (χ4v) is 4.32. The molecule has 4 rings (SSSR count). The maximum absolute atomic E-state index is 12.8. The second-order valence-corrected chi connectivity index (χ2v) is 7.69. The quantitative estimate of drug-likeness (QED) is 0.874. The largest absolute Gasteiger partial charge is 0.339 e. The van der Waals surface area contributed by atoms with E-state index in [4.69, 9.17) is 0 Å². The van der Waals surface area contributed by atoms with E-state index in [9.17, 15) is 9.59 Å². The molecular weight excluding hydrogens is 336 g/mol. The lowest BCUT2D eigenvalue weighted by Gasteiger charge is -2.24. The normalized spacial score (nSPS) is 20.2. The zero-order valence-electron chi connectivity index (χ0n) is 15.6. The SMILES string of the molecule is O=C(Nc1ccccc1Cc1ccccc1)C1CC(=O)N(C2CCCC2)C1. The summed E-state index contributed by atoms with van der Waals surface area (Å²) in [6.07, 6.45) is 5.66. The Labute approximate surface area is 160 Å². The minimum absolute atomic E-state index is 0.0376. The van der Waals surface area contributed by atoms with E-state index in [1.165, 1.54) is 18.4 Å². The fraction of sp³-hybridized carbons (Fsp3) is 0.391. The molecule has 4 heteroatoms. The van der Waals surface area contributed by atoms with Gasteiger partial charge in [-0.3, -0.25) is 9.59 Å². The topological polar surface area (TPSA) is 49.4 Å². The molecular formula is C23H26N2O2. The van der Waals surface area contributed by atoms with Gasteiger partial charge in [0.25, 0.3) is 0 Å². The van der Waals surface area contributed by atoms with Crippen LogP contribution in [0.1, 0.15) is 43.2 Å². The predicted octanol–water partition coefficient (Wildman–Crippen LogP) is 4.01. The van der Waals surface area contributed by atoms with Crippen LogP contribution >= 0.6 is 0 Å². The first kappa shape index (κ1) is 17.8. The Kier molecular flexibility index (Phi) is 5.23. The smallest absolute Gasteiger partial charge is 0.229 e. The molecule has 1 aliphatic carbocycles. The van der Waals surface area contributed by atoms with Crippen molar-refractivity contribution in [3.05, 3.63) is 65.7 Å². The monoisotopic (exact) mass is 362 g/mol. The molecule has 4 nitrogen and oxygen atoms in total. The van der Waals surface area contributed by atoms with E-state index >= 15 is 0 Å². The highest BCUT2D eigenvalue weighted by molar-refractivity contribution is 5.97.